The number of carbonyl (C=O) groups is 2. The summed E-state index contributed by atoms with van der Waals surface area (Å²) in [5, 5.41) is 22.8. The van der Waals surface area contributed by atoms with E-state index in [9.17, 15) is 23.5 Å². The molecule has 2 atom stereocenters. The molecule has 0 aliphatic rings. The summed E-state index contributed by atoms with van der Waals surface area (Å²) in [5.41, 5.74) is 0.0686. The number of carbonyl (C=O) groups excluding carboxylic acids is 2. The normalized spacial score (nSPS) is 12.7. The number of benzene rings is 2. The standard InChI is InChI=1S/C26H29F2N3O6/c1-31(24(34)10-9-17-7-4-8-22(27)25(17)28)20(14-36-16-21(33)13-32)15-37-26(35)30-23-11-18-5-2-3-6-19(18)12-29-23/h2-8,11-12,20-21,32-33H,9-10,13-16H2,1H3,(H,29,30,35)/t20-,21-/m0/s1. The predicted octanol–water partition coefficient (Wildman–Crippen LogP) is 2.89. The number of nitrogens with one attached hydrogen (secondary N) is 1. The first kappa shape index (κ1) is 27.9. The van der Waals surface area contributed by atoms with Gasteiger partial charge < -0.3 is 24.6 Å². The van der Waals surface area contributed by atoms with Gasteiger partial charge in [-0.2, -0.15) is 0 Å². The molecule has 0 saturated heterocycles. The van der Waals surface area contributed by atoms with Gasteiger partial charge in [0.1, 0.15) is 18.5 Å². The highest BCUT2D eigenvalue weighted by molar-refractivity contribution is 5.89. The summed E-state index contributed by atoms with van der Waals surface area (Å²) in [4.78, 5) is 30.6. The van der Waals surface area contributed by atoms with Gasteiger partial charge in [-0.1, -0.05) is 36.4 Å². The second kappa shape index (κ2) is 13.6. The van der Waals surface area contributed by atoms with Crippen molar-refractivity contribution in [2.45, 2.75) is 25.0 Å². The van der Waals surface area contributed by atoms with Crippen LogP contribution in [0.25, 0.3) is 10.8 Å². The van der Waals surface area contributed by atoms with Crippen LogP contribution in [0.2, 0.25) is 0 Å². The number of hydrogen-bond acceptors (Lipinski definition) is 7. The van der Waals surface area contributed by atoms with E-state index in [1.54, 1.807) is 12.3 Å². The molecule has 0 spiro atoms. The van der Waals surface area contributed by atoms with E-state index >= 15 is 0 Å². The SMILES string of the molecule is CN(C(=O)CCc1cccc(F)c1F)[C@@H](COC[C@@H](O)CO)COC(=O)Nc1cc2ccccc2cn1. The number of fused-ring (bicyclic) bond motifs is 1. The Morgan fingerprint density at radius 1 is 1.08 bits per heavy atom. The van der Waals surface area contributed by atoms with E-state index in [1.807, 2.05) is 24.3 Å². The van der Waals surface area contributed by atoms with Crippen LogP contribution in [0.15, 0.2) is 54.7 Å². The lowest BCUT2D eigenvalue weighted by atomic mass is 10.1. The molecule has 2 amide bonds. The van der Waals surface area contributed by atoms with Crippen molar-refractivity contribution in [1.29, 1.82) is 0 Å². The van der Waals surface area contributed by atoms with E-state index in [2.05, 4.69) is 10.3 Å². The van der Waals surface area contributed by atoms with Crippen LogP contribution in [0.4, 0.5) is 19.4 Å². The number of halogens is 2. The number of rotatable bonds is 12. The minimum Gasteiger partial charge on any atom is -0.447 e. The molecule has 0 bridgehead atoms. The lowest BCUT2D eigenvalue weighted by Gasteiger charge is -2.28. The average Bonchev–Trinajstić information content (AvgIpc) is 2.90. The molecule has 0 fully saturated rings. The lowest BCUT2D eigenvalue weighted by molar-refractivity contribution is -0.134. The molecule has 0 aliphatic heterocycles. The fourth-order valence-corrected chi connectivity index (χ4v) is 3.49. The van der Waals surface area contributed by atoms with E-state index in [0.29, 0.717) is 0 Å². The maximum Gasteiger partial charge on any atom is 0.412 e. The fraction of sp³-hybridized carbons (Fsp3) is 0.346. The van der Waals surface area contributed by atoms with Crippen LogP contribution < -0.4 is 5.32 Å². The maximum atomic E-state index is 13.9. The molecule has 2 aromatic carbocycles. The topological polar surface area (TPSA) is 121 Å². The summed E-state index contributed by atoms with van der Waals surface area (Å²) in [5.74, 6) is -2.13. The van der Waals surface area contributed by atoms with E-state index in [4.69, 9.17) is 14.6 Å². The van der Waals surface area contributed by atoms with Gasteiger partial charge in [-0.15, -0.1) is 0 Å². The Hall–Kier alpha value is -3.67. The Labute approximate surface area is 212 Å². The Balaban J connectivity index is 1.59. The van der Waals surface area contributed by atoms with Gasteiger partial charge in [-0.05, 0) is 29.5 Å². The second-order valence-electron chi connectivity index (χ2n) is 8.39. The van der Waals surface area contributed by atoms with Crippen molar-refractivity contribution in [2.24, 2.45) is 0 Å². The first-order valence-electron chi connectivity index (χ1n) is 11.6. The Bertz CT molecular complexity index is 1210. The van der Waals surface area contributed by atoms with Crippen molar-refractivity contribution in [1.82, 2.24) is 9.88 Å². The van der Waals surface area contributed by atoms with Gasteiger partial charge in [-0.3, -0.25) is 10.1 Å². The molecular weight excluding hydrogens is 488 g/mol. The summed E-state index contributed by atoms with van der Waals surface area (Å²) in [6.07, 6.45) is -0.452. The third-order valence-corrected chi connectivity index (χ3v) is 5.68. The molecule has 37 heavy (non-hydrogen) atoms. The van der Waals surface area contributed by atoms with Gasteiger partial charge in [0.05, 0.1) is 25.9 Å². The van der Waals surface area contributed by atoms with Crippen LogP contribution in [0.5, 0.6) is 0 Å². The van der Waals surface area contributed by atoms with E-state index < -0.39 is 42.4 Å². The number of anilines is 1. The molecule has 0 saturated carbocycles. The lowest BCUT2D eigenvalue weighted by Crippen LogP contribution is -2.44. The predicted molar refractivity (Wildman–Crippen MR) is 132 cm³/mol. The molecule has 11 heteroatoms. The molecular formula is C26H29F2N3O6. The zero-order chi connectivity index (χ0) is 26.8. The van der Waals surface area contributed by atoms with Crippen molar-refractivity contribution in [3.8, 4) is 0 Å². The third-order valence-electron chi connectivity index (χ3n) is 5.68. The van der Waals surface area contributed by atoms with Gasteiger partial charge >= 0.3 is 6.09 Å². The third kappa shape index (κ3) is 8.17. The summed E-state index contributed by atoms with van der Waals surface area (Å²) >= 11 is 0. The zero-order valence-electron chi connectivity index (χ0n) is 20.3. The minimum atomic E-state index is -1.11. The molecule has 9 nitrogen and oxygen atoms in total. The van der Waals surface area contributed by atoms with Crippen LogP contribution in [-0.2, 0) is 20.7 Å². The maximum absolute atomic E-state index is 13.9. The number of pyridine rings is 1. The summed E-state index contributed by atoms with van der Waals surface area (Å²) in [7, 11) is 1.47. The molecule has 1 heterocycles. The number of amides is 2. The monoisotopic (exact) mass is 517 g/mol. The molecule has 3 rings (SSSR count). The second-order valence-corrected chi connectivity index (χ2v) is 8.39. The van der Waals surface area contributed by atoms with E-state index in [0.717, 1.165) is 16.8 Å². The number of aromatic nitrogens is 1. The molecule has 1 aromatic heterocycles. The number of likely N-dealkylation sites (N-methyl/N-ethyl adjacent to an activating group) is 1. The Morgan fingerprint density at radius 2 is 1.84 bits per heavy atom. The van der Waals surface area contributed by atoms with Gasteiger partial charge in [0.25, 0.3) is 0 Å². The quantitative estimate of drug-likeness (QED) is 0.338. The van der Waals surface area contributed by atoms with Gasteiger partial charge in [0.2, 0.25) is 5.91 Å². The van der Waals surface area contributed by atoms with Crippen molar-refractivity contribution in [3.63, 3.8) is 0 Å². The van der Waals surface area contributed by atoms with Gasteiger partial charge in [-0.25, -0.2) is 18.6 Å². The van der Waals surface area contributed by atoms with Gasteiger partial charge in [0, 0.05) is 25.1 Å². The average molecular weight is 518 g/mol. The van der Waals surface area contributed by atoms with Crippen molar-refractivity contribution in [2.75, 3.05) is 38.8 Å². The Morgan fingerprint density at radius 3 is 2.59 bits per heavy atom. The van der Waals surface area contributed by atoms with Crippen molar-refractivity contribution < 1.29 is 38.1 Å². The van der Waals surface area contributed by atoms with Crippen molar-refractivity contribution >= 4 is 28.6 Å². The number of aryl methyl sites for hydroxylation is 1. The van der Waals surface area contributed by atoms with Crippen LogP contribution in [0.3, 0.4) is 0 Å². The first-order valence-corrected chi connectivity index (χ1v) is 11.6. The zero-order valence-corrected chi connectivity index (χ0v) is 20.3. The molecule has 3 N–H and O–H groups in total. The highest BCUT2D eigenvalue weighted by Crippen LogP contribution is 2.17. The van der Waals surface area contributed by atoms with E-state index in [1.165, 1.54) is 24.1 Å². The van der Waals surface area contributed by atoms with Crippen LogP contribution in [0.1, 0.15) is 12.0 Å². The Kier molecular flexibility index (Phi) is 10.2. The largest absolute Gasteiger partial charge is 0.447 e. The molecule has 0 radical (unpaired) electrons. The number of ether oxygens (including phenoxy) is 2. The molecule has 0 aliphatic carbocycles. The molecule has 0 unspecified atom stereocenters. The molecule has 198 valence electrons. The van der Waals surface area contributed by atoms with Crippen LogP contribution in [-0.4, -0.2) is 77.7 Å². The fourth-order valence-electron chi connectivity index (χ4n) is 3.49. The highest BCUT2D eigenvalue weighted by Gasteiger charge is 2.23. The molecule has 3 aromatic rings. The van der Waals surface area contributed by atoms with E-state index in [-0.39, 0.29) is 44.0 Å². The highest BCUT2D eigenvalue weighted by atomic mass is 19.2. The number of aliphatic hydroxyl groups is 2. The van der Waals surface area contributed by atoms with Crippen LogP contribution >= 0.6 is 0 Å². The summed E-state index contributed by atoms with van der Waals surface area (Å²) in [6.45, 7) is -1.08. The number of aliphatic hydroxyl groups excluding tert-OH is 2. The first-order chi connectivity index (χ1) is 17.8. The summed E-state index contributed by atoms with van der Waals surface area (Å²) in [6, 6.07) is 12.2. The number of hydrogen-bond donors (Lipinski definition) is 3. The van der Waals surface area contributed by atoms with Gasteiger partial charge in [0.15, 0.2) is 11.6 Å². The van der Waals surface area contributed by atoms with Crippen molar-refractivity contribution in [3.05, 3.63) is 71.9 Å². The minimum absolute atomic E-state index is 0.0292. The van der Waals surface area contributed by atoms with Crippen LogP contribution in [0, 0.1) is 11.6 Å². The number of nitrogens with zero attached hydrogens (tertiary/aromatic N) is 2. The smallest absolute Gasteiger partial charge is 0.412 e. The summed E-state index contributed by atoms with van der Waals surface area (Å²) < 4.78 is 38.0.